The molecular weight excluding hydrogens is 308 g/mol. The van der Waals surface area contributed by atoms with E-state index in [4.69, 9.17) is 0 Å². The Kier molecular flexibility index (Phi) is 5.10. The van der Waals surface area contributed by atoms with Crippen molar-refractivity contribution in [2.75, 3.05) is 20.0 Å². The van der Waals surface area contributed by atoms with Crippen molar-refractivity contribution in [2.24, 2.45) is 0 Å². The summed E-state index contributed by atoms with van der Waals surface area (Å²) in [5.74, 6) is 0.277. The van der Waals surface area contributed by atoms with Gasteiger partial charge in [-0.25, -0.2) is 9.82 Å². The van der Waals surface area contributed by atoms with Crippen molar-refractivity contribution in [3.05, 3.63) is 28.7 Å². The van der Waals surface area contributed by atoms with Crippen molar-refractivity contribution < 1.29 is 19.3 Å². The molecule has 0 aliphatic heterocycles. The molecule has 0 aliphatic rings. The van der Waals surface area contributed by atoms with E-state index in [1.165, 1.54) is 14.2 Å². The Balaban J connectivity index is 2.20. The van der Waals surface area contributed by atoms with Crippen LogP contribution in [0.15, 0.2) is 23.4 Å². The first-order valence-electron chi connectivity index (χ1n) is 6.29. The minimum Gasteiger partial charge on any atom is -0.468 e. The van der Waals surface area contributed by atoms with Crippen molar-refractivity contribution in [2.45, 2.75) is 12.1 Å². The summed E-state index contributed by atoms with van der Waals surface area (Å²) in [4.78, 5) is 32.1. The van der Waals surface area contributed by atoms with Gasteiger partial charge < -0.3 is 4.74 Å². The molecule has 0 amide bonds. The Morgan fingerprint density at radius 2 is 2.18 bits per heavy atom. The first kappa shape index (κ1) is 16.0. The van der Waals surface area contributed by atoms with E-state index in [1.807, 2.05) is 6.07 Å². The average molecular weight is 323 g/mol. The van der Waals surface area contributed by atoms with Crippen LogP contribution in [0.1, 0.15) is 5.56 Å². The molecule has 2 aromatic rings. The zero-order chi connectivity index (χ0) is 16.1. The van der Waals surface area contributed by atoms with Gasteiger partial charge in [-0.15, -0.1) is 5.10 Å². The highest BCUT2D eigenvalue weighted by Gasteiger charge is 2.20. The van der Waals surface area contributed by atoms with Crippen molar-refractivity contribution in [3.8, 4) is 11.4 Å². The Morgan fingerprint density at radius 3 is 2.86 bits per heavy atom. The Bertz CT molecular complexity index is 701. The highest BCUT2D eigenvalue weighted by molar-refractivity contribution is 7.99. The van der Waals surface area contributed by atoms with Crippen LogP contribution in [0.4, 0.5) is 5.69 Å². The molecule has 0 saturated carbocycles. The zero-order valence-corrected chi connectivity index (χ0v) is 13.1. The number of nitrogens with zero attached hydrogens (tertiary/aromatic N) is 3. The molecule has 0 fully saturated rings. The lowest BCUT2D eigenvalue weighted by molar-refractivity contribution is -0.736. The molecule has 0 saturated heterocycles. The third kappa shape index (κ3) is 3.61. The lowest BCUT2D eigenvalue weighted by atomic mass is 10.1. The molecule has 0 aliphatic carbocycles. The SMILES string of the molecule is COC(=O)CSc1n[nH]c(-c2ccc(C)c([N+](=O)OC)c2)n1. The topological polar surface area (TPSA) is 97.2 Å². The van der Waals surface area contributed by atoms with Gasteiger partial charge in [-0.2, -0.15) is 0 Å². The monoisotopic (exact) mass is 323 g/mol. The number of nitrogens with one attached hydrogen (secondary N) is 1. The molecule has 116 valence electrons. The average Bonchev–Trinajstić information content (AvgIpc) is 3.01. The number of benzene rings is 1. The fourth-order valence-electron chi connectivity index (χ4n) is 1.67. The van der Waals surface area contributed by atoms with Crippen LogP contribution >= 0.6 is 11.8 Å². The van der Waals surface area contributed by atoms with Crippen LogP contribution < -0.4 is 0 Å². The standard InChI is InChI=1S/C13H15N4O4S/c1-8-4-5-9(6-10(8)17(19)21-3)12-14-13(16-15-12)22-7-11(18)20-2/h4-6H,7H2,1-3H3,(H,14,15,16)/q+1. The van der Waals surface area contributed by atoms with Crippen molar-refractivity contribution in [1.29, 1.82) is 0 Å². The molecule has 0 radical (unpaired) electrons. The Morgan fingerprint density at radius 1 is 1.41 bits per heavy atom. The van der Waals surface area contributed by atoms with Crippen LogP contribution in [-0.4, -0.2) is 46.0 Å². The molecular formula is C13H15N4O4S+. The summed E-state index contributed by atoms with van der Waals surface area (Å²) in [5.41, 5.74) is 1.86. The minimum absolute atomic E-state index is 0.130. The number of rotatable bonds is 6. The second-order valence-corrected chi connectivity index (χ2v) is 5.21. The van der Waals surface area contributed by atoms with Gasteiger partial charge in [0.25, 0.3) is 4.92 Å². The molecule has 0 spiro atoms. The van der Waals surface area contributed by atoms with E-state index in [2.05, 4.69) is 24.8 Å². The van der Waals surface area contributed by atoms with E-state index in [9.17, 15) is 9.70 Å². The quantitative estimate of drug-likeness (QED) is 0.493. The first-order valence-corrected chi connectivity index (χ1v) is 7.28. The summed E-state index contributed by atoms with van der Waals surface area (Å²) in [6, 6.07) is 5.26. The third-order valence-electron chi connectivity index (χ3n) is 2.86. The zero-order valence-electron chi connectivity index (χ0n) is 12.3. The highest BCUT2D eigenvalue weighted by atomic mass is 32.2. The number of esters is 1. The van der Waals surface area contributed by atoms with Gasteiger partial charge in [-0.1, -0.05) is 23.9 Å². The van der Waals surface area contributed by atoms with Crippen LogP contribution in [0, 0.1) is 11.8 Å². The van der Waals surface area contributed by atoms with Crippen LogP contribution in [0.2, 0.25) is 0 Å². The summed E-state index contributed by atoms with van der Waals surface area (Å²) in [7, 11) is 2.62. The molecule has 1 heterocycles. The van der Waals surface area contributed by atoms with E-state index < -0.39 is 0 Å². The summed E-state index contributed by atoms with van der Waals surface area (Å²) in [6.07, 6.45) is 0. The van der Waals surface area contributed by atoms with Gasteiger partial charge in [-0.3, -0.25) is 9.89 Å². The number of methoxy groups -OCH3 is 1. The summed E-state index contributed by atoms with van der Waals surface area (Å²) < 4.78 is 4.55. The van der Waals surface area contributed by atoms with Gasteiger partial charge in [0.2, 0.25) is 5.16 Å². The predicted molar refractivity (Wildman–Crippen MR) is 79.6 cm³/mol. The second-order valence-electron chi connectivity index (χ2n) is 4.27. The van der Waals surface area contributed by atoms with E-state index >= 15 is 0 Å². The fraction of sp³-hybridized carbons (Fsp3) is 0.308. The van der Waals surface area contributed by atoms with E-state index in [1.54, 1.807) is 19.1 Å². The van der Waals surface area contributed by atoms with Crippen LogP contribution in [0.25, 0.3) is 11.4 Å². The summed E-state index contributed by atoms with van der Waals surface area (Å²) in [5, 5.41) is 7.21. The van der Waals surface area contributed by atoms with Crippen LogP contribution in [-0.2, 0) is 14.4 Å². The van der Waals surface area contributed by atoms with E-state index in [0.717, 1.165) is 17.3 Å². The molecule has 0 bridgehead atoms. The smallest absolute Gasteiger partial charge is 0.320 e. The fourth-order valence-corrected chi connectivity index (χ4v) is 2.31. The lowest BCUT2D eigenvalue weighted by Crippen LogP contribution is -2.03. The molecule has 1 aromatic heterocycles. The number of aromatic nitrogens is 3. The summed E-state index contributed by atoms with van der Waals surface area (Å²) >= 11 is 1.16. The summed E-state index contributed by atoms with van der Waals surface area (Å²) in [6.45, 7) is 1.81. The van der Waals surface area contributed by atoms with Gasteiger partial charge in [0.1, 0.15) is 0 Å². The number of carbonyl (C=O) groups excluding carboxylic acids is 1. The van der Waals surface area contributed by atoms with Crippen LogP contribution in [0.5, 0.6) is 0 Å². The van der Waals surface area contributed by atoms with Crippen LogP contribution in [0.3, 0.4) is 0 Å². The van der Waals surface area contributed by atoms with Gasteiger partial charge in [0, 0.05) is 17.2 Å². The Hall–Kier alpha value is -2.42. The number of aromatic amines is 1. The molecule has 1 N–H and O–H groups in total. The maximum atomic E-state index is 11.6. The number of hydrogen-bond acceptors (Lipinski definition) is 7. The lowest BCUT2D eigenvalue weighted by Gasteiger charge is -1.98. The predicted octanol–water partition coefficient (Wildman–Crippen LogP) is 2.02. The van der Waals surface area contributed by atoms with Gasteiger partial charge >= 0.3 is 11.7 Å². The van der Waals surface area contributed by atoms with Crippen molar-refractivity contribution in [1.82, 2.24) is 15.2 Å². The van der Waals surface area contributed by atoms with Gasteiger partial charge in [0.15, 0.2) is 12.9 Å². The van der Waals surface area contributed by atoms with Crippen molar-refractivity contribution in [3.63, 3.8) is 0 Å². The molecule has 8 nitrogen and oxygen atoms in total. The number of ether oxygens (including phenoxy) is 1. The minimum atomic E-state index is -0.351. The van der Waals surface area contributed by atoms with E-state index in [-0.39, 0.29) is 11.7 Å². The number of carbonyl (C=O) groups is 1. The maximum Gasteiger partial charge on any atom is 0.320 e. The third-order valence-corrected chi connectivity index (χ3v) is 3.68. The number of H-pyrrole nitrogens is 1. The molecule has 0 unspecified atom stereocenters. The van der Waals surface area contributed by atoms with E-state index in [0.29, 0.717) is 27.2 Å². The second kappa shape index (κ2) is 7.03. The first-order chi connectivity index (χ1) is 10.5. The van der Waals surface area contributed by atoms with Crippen molar-refractivity contribution >= 4 is 23.4 Å². The maximum absolute atomic E-state index is 11.6. The van der Waals surface area contributed by atoms with Gasteiger partial charge in [-0.05, 0) is 6.92 Å². The molecule has 22 heavy (non-hydrogen) atoms. The number of thioether (sulfide) groups is 1. The molecule has 9 heteroatoms. The molecule has 2 rings (SSSR count). The largest absolute Gasteiger partial charge is 0.468 e. The van der Waals surface area contributed by atoms with Gasteiger partial charge in [0.05, 0.1) is 17.8 Å². The molecule has 1 aromatic carbocycles. The molecule has 0 atom stereocenters. The Labute approximate surface area is 130 Å². The number of hydrogen-bond donors (Lipinski definition) is 1. The highest BCUT2D eigenvalue weighted by Crippen LogP contribution is 2.26. The normalized spacial score (nSPS) is 10.3. The number of aryl methyl sites for hydroxylation is 1.